The van der Waals surface area contributed by atoms with Crippen LogP contribution in [-0.4, -0.2) is 9.55 Å². The van der Waals surface area contributed by atoms with E-state index in [1.54, 1.807) is 0 Å². The number of rotatable bonds is 4. The maximum Gasteiger partial charge on any atom is 0.201 e. The van der Waals surface area contributed by atoms with Gasteiger partial charge in [-0.05, 0) is 30.9 Å². The van der Waals surface area contributed by atoms with Gasteiger partial charge >= 0.3 is 0 Å². The summed E-state index contributed by atoms with van der Waals surface area (Å²) >= 11 is 0. The van der Waals surface area contributed by atoms with Crippen molar-refractivity contribution in [2.24, 2.45) is 5.92 Å². The van der Waals surface area contributed by atoms with Crippen molar-refractivity contribution in [3.8, 4) is 0 Å². The Kier molecular flexibility index (Phi) is 2.31. The second-order valence-corrected chi connectivity index (χ2v) is 4.70. The summed E-state index contributed by atoms with van der Waals surface area (Å²) in [6.45, 7) is 1.00. The molecule has 2 aromatic rings. The number of aromatic nitrogens is 2. The van der Waals surface area contributed by atoms with Gasteiger partial charge in [0.1, 0.15) is 0 Å². The number of fused-ring (bicyclic) bond motifs is 1. The Labute approximate surface area is 95.3 Å². The molecule has 1 aromatic heterocycles. The maximum atomic E-state index is 5.94. The van der Waals surface area contributed by atoms with E-state index in [1.807, 2.05) is 18.2 Å². The van der Waals surface area contributed by atoms with E-state index in [1.165, 1.54) is 25.7 Å². The summed E-state index contributed by atoms with van der Waals surface area (Å²) in [5, 5.41) is 0. The quantitative estimate of drug-likeness (QED) is 0.852. The van der Waals surface area contributed by atoms with Gasteiger partial charge < -0.3 is 10.3 Å². The molecular weight excluding hydrogens is 198 g/mol. The Balaban J connectivity index is 1.80. The molecule has 0 radical (unpaired) electrons. The van der Waals surface area contributed by atoms with E-state index in [0.717, 1.165) is 23.5 Å². The fourth-order valence-electron chi connectivity index (χ4n) is 2.27. The van der Waals surface area contributed by atoms with Gasteiger partial charge in [0.25, 0.3) is 0 Å². The summed E-state index contributed by atoms with van der Waals surface area (Å²) in [6.07, 6.45) is 5.42. The van der Waals surface area contributed by atoms with Crippen molar-refractivity contribution in [3.63, 3.8) is 0 Å². The van der Waals surface area contributed by atoms with Crippen LogP contribution in [0.4, 0.5) is 5.95 Å². The van der Waals surface area contributed by atoms with Gasteiger partial charge in [-0.2, -0.15) is 0 Å². The number of aryl methyl sites for hydroxylation is 1. The minimum atomic E-state index is 0.650. The zero-order valence-electron chi connectivity index (χ0n) is 9.39. The number of imidazole rings is 1. The van der Waals surface area contributed by atoms with E-state index < -0.39 is 0 Å². The molecule has 1 aliphatic rings. The molecule has 84 valence electrons. The van der Waals surface area contributed by atoms with Crippen molar-refractivity contribution >= 4 is 17.0 Å². The van der Waals surface area contributed by atoms with Crippen LogP contribution in [0.1, 0.15) is 25.7 Å². The first-order chi connectivity index (χ1) is 7.84. The van der Waals surface area contributed by atoms with Crippen LogP contribution in [0.3, 0.4) is 0 Å². The number of nitrogen functional groups attached to an aromatic ring is 1. The van der Waals surface area contributed by atoms with Crippen LogP contribution in [-0.2, 0) is 6.54 Å². The lowest BCUT2D eigenvalue weighted by atomic mass is 10.2. The van der Waals surface area contributed by atoms with E-state index >= 15 is 0 Å². The number of nitrogens with two attached hydrogens (primary N) is 1. The fourth-order valence-corrected chi connectivity index (χ4v) is 2.27. The van der Waals surface area contributed by atoms with E-state index in [9.17, 15) is 0 Å². The summed E-state index contributed by atoms with van der Waals surface area (Å²) in [5.41, 5.74) is 8.11. The minimum Gasteiger partial charge on any atom is -0.369 e. The van der Waals surface area contributed by atoms with Gasteiger partial charge in [0.05, 0.1) is 11.0 Å². The predicted molar refractivity (Wildman–Crippen MR) is 66.1 cm³/mol. The highest BCUT2D eigenvalue weighted by atomic mass is 15.1. The number of para-hydroxylation sites is 2. The molecule has 1 aliphatic carbocycles. The number of nitrogens with zero attached hydrogens (tertiary/aromatic N) is 2. The average molecular weight is 215 g/mol. The predicted octanol–water partition coefficient (Wildman–Crippen LogP) is 2.81. The van der Waals surface area contributed by atoms with Crippen LogP contribution in [0.5, 0.6) is 0 Å². The van der Waals surface area contributed by atoms with Gasteiger partial charge in [-0.15, -0.1) is 0 Å². The van der Waals surface area contributed by atoms with Crippen LogP contribution >= 0.6 is 0 Å². The second kappa shape index (κ2) is 3.81. The highest BCUT2D eigenvalue weighted by Crippen LogP contribution is 2.33. The van der Waals surface area contributed by atoms with E-state index in [-0.39, 0.29) is 0 Å². The molecule has 1 fully saturated rings. The van der Waals surface area contributed by atoms with Gasteiger partial charge in [0, 0.05) is 6.54 Å². The van der Waals surface area contributed by atoms with Crippen LogP contribution in [0.15, 0.2) is 24.3 Å². The summed E-state index contributed by atoms with van der Waals surface area (Å²) in [7, 11) is 0. The summed E-state index contributed by atoms with van der Waals surface area (Å²) in [4.78, 5) is 4.37. The number of hydrogen-bond donors (Lipinski definition) is 1. The lowest BCUT2D eigenvalue weighted by Crippen LogP contribution is -2.03. The Morgan fingerprint density at radius 3 is 2.94 bits per heavy atom. The summed E-state index contributed by atoms with van der Waals surface area (Å²) in [5.74, 6) is 1.65. The largest absolute Gasteiger partial charge is 0.369 e. The Bertz CT molecular complexity index is 497. The molecule has 3 heteroatoms. The first-order valence-electron chi connectivity index (χ1n) is 6.05. The third-order valence-corrected chi connectivity index (χ3v) is 3.38. The van der Waals surface area contributed by atoms with Crippen molar-refractivity contribution in [2.75, 3.05) is 5.73 Å². The highest BCUT2D eigenvalue weighted by Gasteiger charge is 2.20. The van der Waals surface area contributed by atoms with Gasteiger partial charge in [0.2, 0.25) is 5.95 Å². The number of benzene rings is 1. The second-order valence-electron chi connectivity index (χ2n) is 4.70. The molecule has 0 saturated heterocycles. The van der Waals surface area contributed by atoms with Crippen LogP contribution in [0, 0.1) is 5.92 Å². The molecule has 16 heavy (non-hydrogen) atoms. The van der Waals surface area contributed by atoms with Crippen molar-refractivity contribution < 1.29 is 0 Å². The fraction of sp³-hybridized carbons (Fsp3) is 0.462. The molecule has 2 N–H and O–H groups in total. The molecule has 0 bridgehead atoms. The molecule has 1 saturated carbocycles. The zero-order valence-corrected chi connectivity index (χ0v) is 9.39. The summed E-state index contributed by atoms with van der Waals surface area (Å²) in [6, 6.07) is 8.16. The average Bonchev–Trinajstić information content (AvgIpc) is 3.04. The Hall–Kier alpha value is -1.51. The SMILES string of the molecule is Nc1nc2ccccc2n1CCCC1CC1. The third-order valence-electron chi connectivity index (χ3n) is 3.38. The molecule has 0 spiro atoms. The first-order valence-corrected chi connectivity index (χ1v) is 6.05. The molecule has 3 nitrogen and oxygen atoms in total. The molecular formula is C13H17N3. The smallest absolute Gasteiger partial charge is 0.201 e. The van der Waals surface area contributed by atoms with E-state index in [2.05, 4.69) is 15.6 Å². The number of anilines is 1. The Morgan fingerprint density at radius 1 is 1.31 bits per heavy atom. The van der Waals surface area contributed by atoms with Gasteiger partial charge in [-0.3, -0.25) is 0 Å². The van der Waals surface area contributed by atoms with Crippen molar-refractivity contribution in [1.82, 2.24) is 9.55 Å². The lowest BCUT2D eigenvalue weighted by Gasteiger charge is -2.05. The van der Waals surface area contributed by atoms with Crippen LogP contribution in [0.2, 0.25) is 0 Å². The topological polar surface area (TPSA) is 43.8 Å². The van der Waals surface area contributed by atoms with E-state index in [0.29, 0.717) is 5.95 Å². The van der Waals surface area contributed by atoms with Crippen LogP contribution in [0.25, 0.3) is 11.0 Å². The highest BCUT2D eigenvalue weighted by molar-refractivity contribution is 5.78. The van der Waals surface area contributed by atoms with Gasteiger partial charge in [0.15, 0.2) is 0 Å². The molecule has 0 atom stereocenters. The zero-order chi connectivity index (χ0) is 11.0. The van der Waals surface area contributed by atoms with Gasteiger partial charge in [-0.1, -0.05) is 25.0 Å². The molecule has 3 rings (SSSR count). The van der Waals surface area contributed by atoms with Crippen LogP contribution < -0.4 is 5.73 Å². The normalized spacial score (nSPS) is 15.8. The molecule has 0 aliphatic heterocycles. The number of hydrogen-bond acceptors (Lipinski definition) is 2. The molecule has 1 aromatic carbocycles. The van der Waals surface area contributed by atoms with Gasteiger partial charge in [-0.25, -0.2) is 4.98 Å². The maximum absolute atomic E-state index is 5.94. The molecule has 0 unspecified atom stereocenters. The van der Waals surface area contributed by atoms with E-state index in [4.69, 9.17) is 5.73 Å². The third kappa shape index (κ3) is 1.77. The lowest BCUT2D eigenvalue weighted by molar-refractivity contribution is 0.590. The minimum absolute atomic E-state index is 0.650. The Morgan fingerprint density at radius 2 is 2.12 bits per heavy atom. The first kappa shape index (κ1) is 9.70. The van der Waals surface area contributed by atoms with Crippen molar-refractivity contribution in [1.29, 1.82) is 0 Å². The molecule has 1 heterocycles. The van der Waals surface area contributed by atoms with Crippen molar-refractivity contribution in [2.45, 2.75) is 32.2 Å². The van der Waals surface area contributed by atoms with Crippen molar-refractivity contribution in [3.05, 3.63) is 24.3 Å². The monoisotopic (exact) mass is 215 g/mol. The standard InChI is InChI=1S/C13H17N3/c14-13-15-11-5-1-2-6-12(11)16(13)9-3-4-10-7-8-10/h1-2,5-6,10H,3-4,7-9H2,(H2,14,15). The summed E-state index contributed by atoms with van der Waals surface area (Å²) < 4.78 is 2.14. The molecule has 0 amide bonds.